The Morgan fingerprint density at radius 1 is 1.00 bits per heavy atom. The van der Waals surface area contributed by atoms with Crippen molar-refractivity contribution in [3.8, 4) is 0 Å². The molecule has 8 heteroatoms. The van der Waals surface area contributed by atoms with Crippen molar-refractivity contribution in [2.24, 2.45) is 0 Å². The van der Waals surface area contributed by atoms with Crippen LogP contribution < -0.4 is 16.0 Å². The van der Waals surface area contributed by atoms with Crippen molar-refractivity contribution in [3.05, 3.63) is 102 Å². The van der Waals surface area contributed by atoms with E-state index in [1.54, 1.807) is 0 Å². The minimum atomic E-state index is -0.929. The summed E-state index contributed by atoms with van der Waals surface area (Å²) in [6, 6.07) is 26.0. The summed E-state index contributed by atoms with van der Waals surface area (Å²) in [4.78, 5) is 26.2. The van der Waals surface area contributed by atoms with Crippen molar-refractivity contribution in [1.29, 1.82) is 0 Å². The van der Waals surface area contributed by atoms with Gasteiger partial charge in [-0.3, -0.25) is 4.79 Å². The molecule has 4 rings (SSSR count). The van der Waals surface area contributed by atoms with Crippen LogP contribution >= 0.6 is 0 Å². The topological polar surface area (TPSA) is 109 Å². The minimum absolute atomic E-state index is 0.0239. The maximum atomic E-state index is 13.8. The van der Waals surface area contributed by atoms with Crippen LogP contribution in [0, 0.1) is 0 Å². The van der Waals surface area contributed by atoms with E-state index in [2.05, 4.69) is 16.0 Å². The standard InChI is InChI=1S/C30H35N3O5/c1-37-30(36)33-28(27(22-11-4-2-5-12-22)23-13-6-3-7-14-23)29(35)32-26-15-9-8-10-21(26)16-17-25-18-31-24(19-34)20-38-25/h2-15,24-25,27-28,31,34H,16-20H2,1H3,(H,32,35)(H,33,36)/t24-,25-,28+/m1/s1. The van der Waals surface area contributed by atoms with Crippen molar-refractivity contribution in [2.75, 3.05) is 32.2 Å². The number of hydrogen-bond donors (Lipinski definition) is 4. The van der Waals surface area contributed by atoms with Crippen molar-refractivity contribution < 1.29 is 24.2 Å². The number of aliphatic hydroxyl groups excluding tert-OH is 1. The van der Waals surface area contributed by atoms with E-state index < -0.39 is 18.1 Å². The zero-order chi connectivity index (χ0) is 26.7. The number of rotatable bonds is 10. The first-order valence-electron chi connectivity index (χ1n) is 12.9. The van der Waals surface area contributed by atoms with Crippen LogP contribution in [0.1, 0.15) is 29.0 Å². The van der Waals surface area contributed by atoms with Gasteiger partial charge in [0.2, 0.25) is 5.91 Å². The van der Waals surface area contributed by atoms with Gasteiger partial charge < -0.3 is 30.5 Å². The van der Waals surface area contributed by atoms with Gasteiger partial charge in [0.1, 0.15) is 6.04 Å². The molecule has 1 saturated heterocycles. The molecule has 1 aliphatic heterocycles. The number of carbonyl (C=O) groups excluding carboxylic acids is 2. The summed E-state index contributed by atoms with van der Waals surface area (Å²) < 4.78 is 10.8. The summed E-state index contributed by atoms with van der Waals surface area (Å²) >= 11 is 0. The lowest BCUT2D eigenvalue weighted by Crippen LogP contribution is -2.48. The van der Waals surface area contributed by atoms with Crippen molar-refractivity contribution >= 4 is 17.7 Å². The second-order valence-corrected chi connectivity index (χ2v) is 9.34. The molecule has 0 aliphatic carbocycles. The number of anilines is 1. The number of aryl methyl sites for hydroxylation is 1. The van der Waals surface area contributed by atoms with Crippen LogP contribution in [0.15, 0.2) is 84.9 Å². The van der Waals surface area contributed by atoms with Crippen LogP contribution in [0.2, 0.25) is 0 Å². The molecular weight excluding hydrogens is 482 g/mol. The fourth-order valence-electron chi connectivity index (χ4n) is 4.74. The van der Waals surface area contributed by atoms with Gasteiger partial charge in [-0.2, -0.15) is 0 Å². The number of morpholine rings is 1. The number of hydrogen-bond acceptors (Lipinski definition) is 6. The summed E-state index contributed by atoms with van der Waals surface area (Å²) in [5.74, 6) is -0.785. The van der Waals surface area contributed by atoms with Crippen LogP contribution in [0.25, 0.3) is 0 Å². The predicted octanol–water partition coefficient (Wildman–Crippen LogP) is 3.46. The first-order chi connectivity index (χ1) is 18.6. The number of benzene rings is 3. The third kappa shape index (κ3) is 7.19. The summed E-state index contributed by atoms with van der Waals surface area (Å²) in [5, 5.41) is 18.4. The SMILES string of the molecule is COC(=O)N[C@H](C(=O)Nc1ccccc1CC[C@@H]1CN[C@H](CO)CO1)C(c1ccccc1)c1ccccc1. The van der Waals surface area contributed by atoms with Gasteiger partial charge in [-0.25, -0.2) is 4.79 Å². The summed E-state index contributed by atoms with van der Waals surface area (Å²) in [7, 11) is 1.28. The highest BCUT2D eigenvalue weighted by Gasteiger charge is 2.33. The fraction of sp³-hybridized carbons (Fsp3) is 0.333. The number of methoxy groups -OCH3 is 1. The van der Waals surface area contributed by atoms with E-state index >= 15 is 0 Å². The Hall–Kier alpha value is -3.72. The molecule has 4 N–H and O–H groups in total. The molecule has 3 atom stereocenters. The molecule has 0 unspecified atom stereocenters. The second kappa shape index (κ2) is 13.7. The molecule has 3 aromatic rings. The third-order valence-electron chi connectivity index (χ3n) is 6.79. The summed E-state index contributed by atoms with van der Waals surface area (Å²) in [6.45, 7) is 1.19. The highest BCUT2D eigenvalue weighted by molar-refractivity contribution is 5.98. The number of para-hydroxylation sites is 1. The molecule has 0 saturated carbocycles. The maximum absolute atomic E-state index is 13.8. The van der Waals surface area contributed by atoms with Crippen molar-refractivity contribution in [2.45, 2.75) is 36.9 Å². The Morgan fingerprint density at radius 2 is 1.63 bits per heavy atom. The number of amides is 2. The van der Waals surface area contributed by atoms with Gasteiger partial charge in [0, 0.05) is 18.2 Å². The molecule has 1 fully saturated rings. The van der Waals surface area contributed by atoms with E-state index in [1.165, 1.54) is 7.11 Å². The average molecular weight is 518 g/mol. The molecule has 0 bridgehead atoms. The van der Waals surface area contributed by atoms with E-state index in [4.69, 9.17) is 9.47 Å². The first-order valence-corrected chi connectivity index (χ1v) is 12.9. The summed E-state index contributed by atoms with van der Waals surface area (Å²) in [6.07, 6.45) is 0.801. The predicted molar refractivity (Wildman–Crippen MR) is 146 cm³/mol. The largest absolute Gasteiger partial charge is 0.453 e. The van der Waals surface area contributed by atoms with E-state index in [0.717, 1.165) is 23.1 Å². The summed E-state index contributed by atoms with van der Waals surface area (Å²) in [5.41, 5.74) is 3.45. The molecule has 3 aromatic carbocycles. The molecular formula is C30H35N3O5. The monoisotopic (exact) mass is 517 g/mol. The zero-order valence-electron chi connectivity index (χ0n) is 21.5. The number of aliphatic hydroxyl groups is 1. The van der Waals surface area contributed by atoms with Gasteiger partial charge in [0.15, 0.2) is 0 Å². The minimum Gasteiger partial charge on any atom is -0.453 e. The molecule has 1 heterocycles. The van der Waals surface area contributed by atoms with Gasteiger partial charge in [-0.1, -0.05) is 78.9 Å². The average Bonchev–Trinajstić information content (AvgIpc) is 2.97. The molecule has 0 aromatic heterocycles. The maximum Gasteiger partial charge on any atom is 0.407 e. The van der Waals surface area contributed by atoms with Crippen LogP contribution in [0.4, 0.5) is 10.5 Å². The van der Waals surface area contributed by atoms with Crippen LogP contribution in [-0.4, -0.2) is 62.2 Å². The Bertz CT molecular complexity index is 1130. The van der Waals surface area contributed by atoms with Gasteiger partial charge in [0.25, 0.3) is 0 Å². The number of nitrogens with one attached hydrogen (secondary N) is 3. The first kappa shape index (κ1) is 27.3. The normalized spacial score (nSPS) is 18.0. The van der Waals surface area contributed by atoms with Gasteiger partial charge in [0.05, 0.1) is 32.5 Å². The van der Waals surface area contributed by atoms with E-state index in [-0.39, 0.29) is 24.7 Å². The molecule has 200 valence electrons. The Labute approximate surface area is 223 Å². The van der Waals surface area contributed by atoms with Gasteiger partial charge in [-0.05, 0) is 35.6 Å². The third-order valence-corrected chi connectivity index (χ3v) is 6.79. The fourth-order valence-corrected chi connectivity index (χ4v) is 4.74. The number of carbonyl (C=O) groups is 2. The van der Waals surface area contributed by atoms with Crippen LogP contribution in [0.3, 0.4) is 0 Å². The van der Waals surface area contributed by atoms with E-state index in [0.29, 0.717) is 25.3 Å². The highest BCUT2D eigenvalue weighted by Crippen LogP contribution is 2.30. The lowest BCUT2D eigenvalue weighted by Gasteiger charge is -2.30. The molecule has 1 aliphatic rings. The Kier molecular flexibility index (Phi) is 9.86. The Morgan fingerprint density at radius 3 is 2.21 bits per heavy atom. The van der Waals surface area contributed by atoms with Gasteiger partial charge in [-0.15, -0.1) is 0 Å². The lowest BCUT2D eigenvalue weighted by atomic mass is 9.84. The molecule has 0 radical (unpaired) electrons. The van der Waals surface area contributed by atoms with Crippen LogP contribution in [-0.2, 0) is 20.7 Å². The highest BCUT2D eigenvalue weighted by atomic mass is 16.5. The van der Waals surface area contributed by atoms with E-state index in [1.807, 2.05) is 84.9 Å². The number of ether oxygens (including phenoxy) is 2. The van der Waals surface area contributed by atoms with E-state index in [9.17, 15) is 14.7 Å². The quantitative estimate of drug-likeness (QED) is 0.328. The van der Waals surface area contributed by atoms with Crippen LogP contribution in [0.5, 0.6) is 0 Å². The van der Waals surface area contributed by atoms with Gasteiger partial charge >= 0.3 is 6.09 Å². The lowest BCUT2D eigenvalue weighted by molar-refractivity contribution is -0.118. The molecule has 0 spiro atoms. The molecule has 38 heavy (non-hydrogen) atoms. The molecule has 8 nitrogen and oxygen atoms in total. The van der Waals surface area contributed by atoms with Crippen molar-refractivity contribution in [1.82, 2.24) is 10.6 Å². The van der Waals surface area contributed by atoms with Crippen molar-refractivity contribution in [3.63, 3.8) is 0 Å². The zero-order valence-corrected chi connectivity index (χ0v) is 21.5. The molecule has 2 amide bonds. The second-order valence-electron chi connectivity index (χ2n) is 9.34. The Balaban J connectivity index is 1.56. The smallest absolute Gasteiger partial charge is 0.407 e. The number of alkyl carbamates (subject to hydrolysis) is 1.